The summed E-state index contributed by atoms with van der Waals surface area (Å²) in [7, 11) is 1.50. The predicted octanol–water partition coefficient (Wildman–Crippen LogP) is 0.885. The van der Waals surface area contributed by atoms with E-state index in [-0.39, 0.29) is 0 Å². The van der Waals surface area contributed by atoms with E-state index in [1.807, 2.05) is 5.32 Å². The predicted molar refractivity (Wildman–Crippen MR) is 63.7 cm³/mol. The van der Waals surface area contributed by atoms with Crippen molar-refractivity contribution in [2.75, 3.05) is 12.0 Å². The molecule has 1 aliphatic heterocycles. The highest BCUT2D eigenvalue weighted by atomic mass is 35.5. The second-order valence-corrected chi connectivity index (χ2v) is 3.97. The quantitative estimate of drug-likeness (QED) is 0.638. The molecular formula is C11H9ClN2O4. The van der Waals surface area contributed by atoms with Gasteiger partial charge in [0.05, 0.1) is 12.8 Å². The van der Waals surface area contributed by atoms with Crippen LogP contribution in [0.3, 0.4) is 0 Å². The fourth-order valence-corrected chi connectivity index (χ4v) is 1.68. The van der Waals surface area contributed by atoms with E-state index in [4.69, 9.17) is 16.3 Å². The van der Waals surface area contributed by atoms with E-state index in [1.165, 1.54) is 19.2 Å². The Hall–Kier alpha value is -2.08. The van der Waals surface area contributed by atoms with Gasteiger partial charge >= 0.3 is 6.03 Å². The van der Waals surface area contributed by atoms with Crippen LogP contribution in [0.25, 0.3) is 0 Å². The lowest BCUT2D eigenvalue weighted by molar-refractivity contribution is -0.127. The number of imide groups is 2. The summed E-state index contributed by atoms with van der Waals surface area (Å²) in [5, 5.41) is 0.602. The molecule has 94 valence electrons. The van der Waals surface area contributed by atoms with Crippen molar-refractivity contribution >= 4 is 35.1 Å². The van der Waals surface area contributed by atoms with Crippen molar-refractivity contribution in [3.8, 4) is 5.75 Å². The zero-order chi connectivity index (χ0) is 13.3. The number of methoxy groups -OCH3 is 1. The number of hydrogen-bond acceptors (Lipinski definition) is 4. The molecule has 0 aromatic heterocycles. The van der Waals surface area contributed by atoms with Crippen LogP contribution in [0.4, 0.5) is 10.5 Å². The Morgan fingerprint density at radius 2 is 1.83 bits per heavy atom. The first-order valence-corrected chi connectivity index (χ1v) is 5.45. The molecule has 0 saturated carbocycles. The molecule has 7 heteroatoms. The van der Waals surface area contributed by atoms with Gasteiger partial charge < -0.3 is 4.74 Å². The Kier molecular flexibility index (Phi) is 3.20. The van der Waals surface area contributed by atoms with Crippen molar-refractivity contribution in [2.45, 2.75) is 5.38 Å². The molecule has 1 N–H and O–H groups in total. The minimum atomic E-state index is -1.40. The molecule has 1 aromatic carbocycles. The summed E-state index contributed by atoms with van der Waals surface area (Å²) in [5.41, 5.74) is 0.316. The summed E-state index contributed by atoms with van der Waals surface area (Å²) in [6, 6.07) is 5.42. The number of anilines is 1. The Balaban J connectivity index is 2.33. The molecule has 1 aliphatic rings. The number of urea groups is 1. The molecule has 6 nitrogen and oxygen atoms in total. The van der Waals surface area contributed by atoms with Crippen LogP contribution >= 0.6 is 11.6 Å². The van der Waals surface area contributed by atoms with Crippen LogP contribution < -0.4 is 15.0 Å². The standard InChI is InChI=1S/C11H9ClN2O4/c1-18-7-4-2-6(3-5-7)14-10(16)8(12)9(15)13-11(14)17/h2-5,8H,1H3,(H,13,15,17). The highest BCUT2D eigenvalue weighted by Gasteiger charge is 2.40. The third kappa shape index (κ3) is 2.02. The van der Waals surface area contributed by atoms with Crippen LogP contribution in [0, 0.1) is 0 Å². The van der Waals surface area contributed by atoms with E-state index in [0.717, 1.165) is 4.90 Å². The van der Waals surface area contributed by atoms with E-state index < -0.39 is 23.2 Å². The normalized spacial score (nSPS) is 19.8. The van der Waals surface area contributed by atoms with Gasteiger partial charge in [-0.2, -0.15) is 0 Å². The summed E-state index contributed by atoms with van der Waals surface area (Å²) in [4.78, 5) is 35.4. The van der Waals surface area contributed by atoms with Gasteiger partial charge in [-0.15, -0.1) is 11.6 Å². The van der Waals surface area contributed by atoms with Crippen LogP contribution in [0.1, 0.15) is 0 Å². The third-order valence-corrected chi connectivity index (χ3v) is 2.82. The van der Waals surface area contributed by atoms with Crippen LogP contribution in [0.15, 0.2) is 24.3 Å². The Labute approximate surface area is 107 Å². The summed E-state index contributed by atoms with van der Waals surface area (Å²) in [5.74, 6) is -0.992. The second kappa shape index (κ2) is 4.66. The molecule has 1 fully saturated rings. The van der Waals surface area contributed by atoms with Crippen molar-refractivity contribution in [1.29, 1.82) is 0 Å². The summed E-state index contributed by atoms with van der Waals surface area (Å²) in [6.45, 7) is 0. The molecular weight excluding hydrogens is 260 g/mol. The number of ether oxygens (including phenoxy) is 1. The summed E-state index contributed by atoms with van der Waals surface area (Å²) < 4.78 is 4.96. The maximum atomic E-state index is 11.8. The zero-order valence-electron chi connectivity index (χ0n) is 9.34. The van der Waals surface area contributed by atoms with Crippen molar-refractivity contribution in [1.82, 2.24) is 5.32 Å². The van der Waals surface area contributed by atoms with Gasteiger partial charge in [0.15, 0.2) is 5.38 Å². The van der Waals surface area contributed by atoms with Crippen molar-refractivity contribution in [3.05, 3.63) is 24.3 Å². The number of rotatable bonds is 2. The molecule has 0 aliphatic carbocycles. The lowest BCUT2D eigenvalue weighted by Gasteiger charge is -2.27. The van der Waals surface area contributed by atoms with Gasteiger partial charge in [-0.3, -0.25) is 14.9 Å². The first-order chi connectivity index (χ1) is 8.54. The summed E-state index contributed by atoms with van der Waals surface area (Å²) >= 11 is 5.61. The number of barbiturate groups is 1. The number of carbonyl (C=O) groups excluding carboxylic acids is 3. The maximum absolute atomic E-state index is 11.8. The van der Waals surface area contributed by atoms with E-state index in [1.54, 1.807) is 12.1 Å². The van der Waals surface area contributed by atoms with Gasteiger partial charge in [-0.25, -0.2) is 9.69 Å². The number of alkyl halides is 1. The molecule has 1 unspecified atom stereocenters. The van der Waals surface area contributed by atoms with Crippen molar-refractivity contribution in [3.63, 3.8) is 0 Å². The smallest absolute Gasteiger partial charge is 0.335 e. The molecule has 18 heavy (non-hydrogen) atoms. The Morgan fingerprint density at radius 3 is 2.39 bits per heavy atom. The van der Waals surface area contributed by atoms with Crippen LogP contribution in [0.5, 0.6) is 5.75 Å². The number of amides is 4. The number of nitrogens with one attached hydrogen (secondary N) is 1. The Bertz CT molecular complexity index is 514. The number of hydrogen-bond donors (Lipinski definition) is 1. The highest BCUT2D eigenvalue weighted by Crippen LogP contribution is 2.22. The minimum absolute atomic E-state index is 0.316. The van der Waals surface area contributed by atoms with Gasteiger partial charge in [-0.05, 0) is 24.3 Å². The van der Waals surface area contributed by atoms with Gasteiger partial charge in [0, 0.05) is 0 Å². The number of nitrogens with zero attached hydrogens (tertiary/aromatic N) is 1. The molecule has 4 amide bonds. The molecule has 2 rings (SSSR count). The van der Waals surface area contributed by atoms with Crippen LogP contribution in [0.2, 0.25) is 0 Å². The number of benzene rings is 1. The molecule has 1 aromatic rings. The van der Waals surface area contributed by atoms with E-state index in [9.17, 15) is 14.4 Å². The van der Waals surface area contributed by atoms with E-state index in [2.05, 4.69) is 0 Å². The van der Waals surface area contributed by atoms with Crippen molar-refractivity contribution < 1.29 is 19.1 Å². The van der Waals surface area contributed by atoms with Gasteiger partial charge in [0.2, 0.25) is 0 Å². The first kappa shape index (κ1) is 12.4. The molecule has 0 radical (unpaired) electrons. The molecule has 1 heterocycles. The second-order valence-electron chi connectivity index (χ2n) is 3.53. The van der Waals surface area contributed by atoms with Gasteiger partial charge in [0.25, 0.3) is 11.8 Å². The van der Waals surface area contributed by atoms with Gasteiger partial charge in [-0.1, -0.05) is 0 Å². The maximum Gasteiger partial charge on any atom is 0.335 e. The first-order valence-electron chi connectivity index (χ1n) is 5.01. The Morgan fingerprint density at radius 1 is 1.22 bits per heavy atom. The number of halogens is 1. The average molecular weight is 269 g/mol. The molecule has 1 saturated heterocycles. The van der Waals surface area contributed by atoms with E-state index in [0.29, 0.717) is 11.4 Å². The SMILES string of the molecule is COc1ccc(N2C(=O)NC(=O)C(Cl)C2=O)cc1. The topological polar surface area (TPSA) is 75.7 Å². The van der Waals surface area contributed by atoms with Gasteiger partial charge in [0.1, 0.15) is 5.75 Å². The molecule has 0 spiro atoms. The highest BCUT2D eigenvalue weighted by molar-refractivity contribution is 6.48. The largest absolute Gasteiger partial charge is 0.497 e. The van der Waals surface area contributed by atoms with E-state index >= 15 is 0 Å². The lowest BCUT2D eigenvalue weighted by atomic mass is 10.2. The summed E-state index contributed by atoms with van der Waals surface area (Å²) in [6.07, 6.45) is 0. The lowest BCUT2D eigenvalue weighted by Crippen LogP contribution is -2.59. The molecule has 1 atom stereocenters. The third-order valence-electron chi connectivity index (χ3n) is 2.43. The zero-order valence-corrected chi connectivity index (χ0v) is 10.1. The number of carbonyl (C=O) groups is 3. The monoisotopic (exact) mass is 268 g/mol. The minimum Gasteiger partial charge on any atom is -0.497 e. The van der Waals surface area contributed by atoms with Crippen LogP contribution in [-0.2, 0) is 9.59 Å². The van der Waals surface area contributed by atoms with Crippen LogP contribution in [-0.4, -0.2) is 30.3 Å². The van der Waals surface area contributed by atoms with Crippen molar-refractivity contribution in [2.24, 2.45) is 0 Å². The fourth-order valence-electron chi connectivity index (χ4n) is 1.53. The average Bonchev–Trinajstić information content (AvgIpc) is 2.37. The molecule has 0 bridgehead atoms. The fraction of sp³-hybridized carbons (Fsp3) is 0.182.